The molecule has 0 aliphatic heterocycles. The Morgan fingerprint density at radius 2 is 1.90 bits per heavy atom. The largest absolute Gasteiger partial charge is 0.624 e. The van der Waals surface area contributed by atoms with Crippen LogP contribution in [-0.4, -0.2) is 87.7 Å². The number of Topliss-reactive ketones (excluding diaryl/α,β-unsaturated/α-hetero) is 1. The lowest BCUT2D eigenvalue weighted by molar-refractivity contribution is -0.477. The van der Waals surface area contributed by atoms with E-state index in [2.05, 4.69) is 39.4 Å². The molecule has 2 amide bonds. The van der Waals surface area contributed by atoms with Crippen molar-refractivity contribution in [2.24, 2.45) is 5.92 Å². The Morgan fingerprint density at radius 1 is 1.17 bits per heavy atom. The molecule has 0 spiro atoms. The van der Waals surface area contributed by atoms with Crippen molar-refractivity contribution in [2.45, 2.75) is 102 Å². The number of nitrogens with zero attached hydrogens (tertiary/aromatic N) is 3. The molecule has 1 heterocycles. The standard InChI is InChI=1S/C30H49N7O5/c1-5-7-16-30(6-2,27(38)23-13-8-9-14-23)34-18-12-17-32-28(39)25(15-10-11-19-36(3)41)35-29(40)26(37(4)42)20-24-21-31-22-33-24/h5,7,21-23,25-26,34H,3-4,6,8-20H2,1-2H3,(H,31,33)(H,32,39)(H,35,40)/b7-5-. The first kappa shape index (κ1) is 34.7. The molecule has 1 aliphatic carbocycles. The zero-order valence-corrected chi connectivity index (χ0v) is 25.2. The number of nitrogens with one attached hydrogen (secondary N) is 4. The summed E-state index contributed by atoms with van der Waals surface area (Å²) in [6.07, 6.45) is 14.3. The Bertz CT molecular complexity index is 1050. The molecule has 1 saturated carbocycles. The lowest BCUT2D eigenvalue weighted by atomic mass is 9.80. The van der Waals surface area contributed by atoms with Gasteiger partial charge < -0.3 is 31.3 Å². The molecule has 12 nitrogen and oxygen atoms in total. The Balaban J connectivity index is 1.97. The van der Waals surface area contributed by atoms with Crippen LogP contribution >= 0.6 is 0 Å². The van der Waals surface area contributed by atoms with Gasteiger partial charge in [0.05, 0.1) is 18.3 Å². The fourth-order valence-corrected chi connectivity index (χ4v) is 5.46. The molecule has 12 heteroatoms. The predicted molar refractivity (Wildman–Crippen MR) is 163 cm³/mol. The van der Waals surface area contributed by atoms with Crippen LogP contribution in [0, 0.1) is 16.3 Å². The summed E-state index contributed by atoms with van der Waals surface area (Å²) in [7, 11) is 0. The number of allylic oxidation sites excluding steroid dienone is 1. The predicted octanol–water partition coefficient (Wildman–Crippen LogP) is 2.37. The molecule has 0 radical (unpaired) electrons. The van der Waals surface area contributed by atoms with Crippen molar-refractivity contribution in [1.82, 2.24) is 25.9 Å². The number of ketones is 1. The van der Waals surface area contributed by atoms with Crippen LogP contribution in [-0.2, 0) is 20.8 Å². The third-order valence-corrected chi connectivity index (χ3v) is 8.02. The van der Waals surface area contributed by atoms with Crippen molar-refractivity contribution in [3.63, 3.8) is 0 Å². The van der Waals surface area contributed by atoms with Crippen molar-refractivity contribution in [2.75, 3.05) is 19.6 Å². The van der Waals surface area contributed by atoms with Crippen molar-refractivity contribution in [3.8, 4) is 0 Å². The summed E-state index contributed by atoms with van der Waals surface area (Å²) in [5.74, 6) is -0.615. The van der Waals surface area contributed by atoms with Crippen LogP contribution in [0.3, 0.4) is 0 Å². The second-order valence-electron chi connectivity index (χ2n) is 11.1. The Kier molecular flexibility index (Phi) is 14.9. The lowest BCUT2D eigenvalue weighted by Gasteiger charge is -2.34. The zero-order chi connectivity index (χ0) is 31.0. The van der Waals surface area contributed by atoms with Crippen molar-refractivity contribution in [3.05, 3.63) is 40.8 Å². The van der Waals surface area contributed by atoms with Gasteiger partial charge in [0.25, 0.3) is 5.91 Å². The van der Waals surface area contributed by atoms with E-state index in [9.17, 15) is 24.8 Å². The number of carbonyl (C=O) groups is 3. The Hall–Kier alpha value is -3.54. The molecule has 1 aromatic rings. The number of rotatable bonds is 21. The first-order chi connectivity index (χ1) is 20.1. The average Bonchev–Trinajstić information content (AvgIpc) is 3.69. The summed E-state index contributed by atoms with van der Waals surface area (Å²) in [5.41, 5.74) is -0.0312. The van der Waals surface area contributed by atoms with Crippen molar-refractivity contribution >= 4 is 31.0 Å². The first-order valence-corrected chi connectivity index (χ1v) is 15.1. The summed E-state index contributed by atoms with van der Waals surface area (Å²) in [6.45, 7) is 11.7. The van der Waals surface area contributed by atoms with Crippen molar-refractivity contribution < 1.29 is 23.9 Å². The second kappa shape index (κ2) is 18.1. The van der Waals surface area contributed by atoms with E-state index < -0.39 is 23.5 Å². The fourth-order valence-electron chi connectivity index (χ4n) is 5.46. The Morgan fingerprint density at radius 3 is 2.50 bits per heavy atom. The normalized spacial score (nSPS) is 16.5. The third kappa shape index (κ3) is 11.0. The number of aromatic nitrogens is 2. The van der Waals surface area contributed by atoms with Gasteiger partial charge in [-0.3, -0.25) is 14.4 Å². The van der Waals surface area contributed by atoms with E-state index in [1.165, 1.54) is 12.5 Å². The number of hydrogen-bond donors (Lipinski definition) is 4. The van der Waals surface area contributed by atoms with Gasteiger partial charge in [0.2, 0.25) is 11.9 Å². The molecule has 1 aliphatic rings. The molecule has 3 atom stereocenters. The quantitative estimate of drug-likeness (QED) is 0.0427. The van der Waals surface area contributed by atoms with Gasteiger partial charge in [-0.2, -0.15) is 0 Å². The number of aromatic amines is 1. The highest BCUT2D eigenvalue weighted by molar-refractivity contribution is 5.91. The van der Waals surface area contributed by atoms with Crippen LogP contribution in [0.25, 0.3) is 0 Å². The van der Waals surface area contributed by atoms with E-state index in [-0.39, 0.29) is 37.0 Å². The number of carbonyl (C=O) groups excluding carboxylic acids is 3. The SMILES string of the molecule is C=[N+]([O-])CCCCC(NC(=O)C(Cc1cnc[nH]1)[N+](=C)[O-])C(=O)NCCCNC(CC)(C/C=C\C)C(=O)C1CCCC1. The molecule has 0 aromatic carbocycles. The number of imidazole rings is 1. The molecule has 42 heavy (non-hydrogen) atoms. The summed E-state index contributed by atoms with van der Waals surface area (Å²) < 4.78 is 0.888. The molecule has 4 N–H and O–H groups in total. The van der Waals surface area contributed by atoms with E-state index in [1.54, 1.807) is 0 Å². The molecule has 2 rings (SSSR count). The smallest absolute Gasteiger partial charge is 0.290 e. The zero-order valence-electron chi connectivity index (χ0n) is 25.2. The van der Waals surface area contributed by atoms with Crippen LogP contribution in [0.5, 0.6) is 0 Å². The van der Waals surface area contributed by atoms with Crippen LogP contribution in [0.15, 0.2) is 24.7 Å². The number of hydrogen-bond acceptors (Lipinski definition) is 7. The summed E-state index contributed by atoms with van der Waals surface area (Å²) >= 11 is 0. The topological polar surface area (TPSA) is 168 Å². The summed E-state index contributed by atoms with van der Waals surface area (Å²) in [4.78, 5) is 46.4. The molecular weight excluding hydrogens is 538 g/mol. The molecule has 1 aromatic heterocycles. The van der Waals surface area contributed by atoms with Crippen LogP contribution in [0.1, 0.15) is 83.7 Å². The van der Waals surface area contributed by atoms with Gasteiger partial charge in [0.1, 0.15) is 19.5 Å². The van der Waals surface area contributed by atoms with Crippen LogP contribution in [0.2, 0.25) is 0 Å². The molecule has 1 fully saturated rings. The minimum Gasteiger partial charge on any atom is -0.624 e. The van der Waals surface area contributed by atoms with Gasteiger partial charge in [-0.1, -0.05) is 31.9 Å². The van der Waals surface area contributed by atoms with Gasteiger partial charge >= 0.3 is 0 Å². The highest BCUT2D eigenvalue weighted by atomic mass is 16.5. The molecule has 0 saturated heterocycles. The monoisotopic (exact) mass is 587 g/mol. The minimum absolute atomic E-state index is 0.0530. The van der Waals surface area contributed by atoms with E-state index in [0.717, 1.165) is 25.7 Å². The molecule has 0 bridgehead atoms. The maximum absolute atomic E-state index is 13.5. The molecular formula is C30H49N7O5. The fraction of sp³-hybridized carbons (Fsp3) is 0.667. The van der Waals surface area contributed by atoms with Gasteiger partial charge in [0, 0.05) is 30.8 Å². The number of unbranched alkanes of at least 4 members (excludes halogenated alkanes) is 1. The molecule has 3 unspecified atom stereocenters. The number of H-pyrrole nitrogens is 1. The average molecular weight is 588 g/mol. The van der Waals surface area contributed by atoms with E-state index in [1.807, 2.05) is 26.0 Å². The maximum Gasteiger partial charge on any atom is 0.290 e. The number of amides is 2. The van der Waals surface area contributed by atoms with Gasteiger partial charge in [-0.05, 0) is 58.4 Å². The summed E-state index contributed by atoms with van der Waals surface area (Å²) in [5, 5.41) is 32.3. The van der Waals surface area contributed by atoms with Crippen LogP contribution in [0.4, 0.5) is 0 Å². The lowest BCUT2D eigenvalue weighted by Crippen LogP contribution is -2.54. The van der Waals surface area contributed by atoms with Crippen LogP contribution < -0.4 is 16.0 Å². The highest BCUT2D eigenvalue weighted by Gasteiger charge is 2.40. The maximum atomic E-state index is 13.5. The third-order valence-electron chi connectivity index (χ3n) is 8.02. The number of hydroxylamine groups is 2. The van der Waals surface area contributed by atoms with E-state index in [0.29, 0.717) is 60.4 Å². The van der Waals surface area contributed by atoms with E-state index in [4.69, 9.17) is 0 Å². The van der Waals surface area contributed by atoms with Gasteiger partial charge in [-0.15, -0.1) is 0 Å². The Labute approximate surface area is 249 Å². The molecule has 234 valence electrons. The highest BCUT2D eigenvalue weighted by Crippen LogP contribution is 2.32. The minimum atomic E-state index is -1.15. The first-order valence-electron chi connectivity index (χ1n) is 15.1. The van der Waals surface area contributed by atoms with Gasteiger partial charge in [-0.25, -0.2) is 14.5 Å². The van der Waals surface area contributed by atoms with Crippen molar-refractivity contribution in [1.29, 1.82) is 0 Å². The van der Waals surface area contributed by atoms with Gasteiger partial charge in [0.15, 0.2) is 12.3 Å². The van der Waals surface area contributed by atoms with E-state index >= 15 is 0 Å². The second-order valence-corrected chi connectivity index (χ2v) is 11.1. The summed E-state index contributed by atoms with van der Waals surface area (Å²) in [6, 6.07) is -2.05.